The molecule has 1 unspecified atom stereocenters. The SMILES string of the molecule is COC(=O)c1ccc(CC#N)cc1-c1cc(C)cc2c1OCC2O. The highest BCUT2D eigenvalue weighted by Gasteiger charge is 2.27. The van der Waals surface area contributed by atoms with Crippen LogP contribution in [0.1, 0.15) is 33.2 Å². The first-order valence-corrected chi connectivity index (χ1v) is 7.59. The van der Waals surface area contributed by atoms with Crippen molar-refractivity contribution in [2.45, 2.75) is 19.4 Å². The number of carbonyl (C=O) groups excluding carboxylic acids is 1. The van der Waals surface area contributed by atoms with Crippen molar-refractivity contribution in [3.05, 3.63) is 52.6 Å². The average Bonchev–Trinajstić information content (AvgIpc) is 2.95. The molecule has 1 N–H and O–H groups in total. The molecule has 1 heterocycles. The summed E-state index contributed by atoms with van der Waals surface area (Å²) in [6.45, 7) is 2.11. The van der Waals surface area contributed by atoms with Gasteiger partial charge >= 0.3 is 5.97 Å². The lowest BCUT2D eigenvalue weighted by molar-refractivity contribution is 0.0601. The average molecular weight is 323 g/mol. The Bertz CT molecular complexity index is 851. The summed E-state index contributed by atoms with van der Waals surface area (Å²) in [5.74, 6) is 0.120. The maximum absolute atomic E-state index is 12.1. The van der Waals surface area contributed by atoms with Gasteiger partial charge in [0.05, 0.1) is 25.2 Å². The molecule has 24 heavy (non-hydrogen) atoms. The molecule has 2 aromatic carbocycles. The van der Waals surface area contributed by atoms with E-state index in [2.05, 4.69) is 6.07 Å². The Kier molecular flexibility index (Phi) is 4.24. The number of nitriles is 1. The fourth-order valence-corrected chi connectivity index (χ4v) is 2.97. The Hall–Kier alpha value is -2.84. The van der Waals surface area contributed by atoms with E-state index in [1.54, 1.807) is 18.2 Å². The summed E-state index contributed by atoms with van der Waals surface area (Å²) in [6, 6.07) is 11.1. The Balaban J connectivity index is 2.25. The zero-order valence-electron chi connectivity index (χ0n) is 13.5. The maximum Gasteiger partial charge on any atom is 0.338 e. The number of methoxy groups -OCH3 is 1. The van der Waals surface area contributed by atoms with Crippen LogP contribution in [-0.4, -0.2) is 24.8 Å². The minimum Gasteiger partial charge on any atom is -0.489 e. The second-order valence-electron chi connectivity index (χ2n) is 5.76. The third-order valence-corrected chi connectivity index (χ3v) is 4.07. The van der Waals surface area contributed by atoms with Crippen molar-refractivity contribution in [1.29, 1.82) is 5.26 Å². The number of benzene rings is 2. The van der Waals surface area contributed by atoms with Crippen LogP contribution in [0.5, 0.6) is 5.75 Å². The van der Waals surface area contributed by atoms with E-state index in [4.69, 9.17) is 14.7 Å². The molecule has 0 bridgehead atoms. The van der Waals surface area contributed by atoms with Crippen LogP contribution in [0.15, 0.2) is 30.3 Å². The van der Waals surface area contributed by atoms with Crippen LogP contribution in [0.25, 0.3) is 11.1 Å². The molecule has 0 saturated heterocycles. The minimum atomic E-state index is -0.678. The minimum absolute atomic E-state index is 0.192. The monoisotopic (exact) mass is 323 g/mol. The third kappa shape index (κ3) is 2.72. The Morgan fingerprint density at radius 1 is 1.38 bits per heavy atom. The predicted octanol–water partition coefficient (Wildman–Crippen LogP) is 2.94. The Morgan fingerprint density at radius 2 is 2.17 bits per heavy atom. The van der Waals surface area contributed by atoms with Crippen molar-refractivity contribution in [2.75, 3.05) is 13.7 Å². The molecule has 0 aliphatic carbocycles. The quantitative estimate of drug-likeness (QED) is 0.879. The largest absolute Gasteiger partial charge is 0.489 e. The number of hydrogen-bond donors (Lipinski definition) is 1. The van der Waals surface area contributed by atoms with Crippen LogP contribution < -0.4 is 4.74 Å². The molecule has 5 heteroatoms. The van der Waals surface area contributed by atoms with E-state index in [1.807, 2.05) is 19.1 Å². The van der Waals surface area contributed by atoms with Crippen LogP contribution in [-0.2, 0) is 11.2 Å². The van der Waals surface area contributed by atoms with Crippen molar-refractivity contribution in [2.24, 2.45) is 0 Å². The molecule has 0 spiro atoms. The van der Waals surface area contributed by atoms with E-state index in [1.165, 1.54) is 7.11 Å². The molecular weight excluding hydrogens is 306 g/mol. The third-order valence-electron chi connectivity index (χ3n) is 4.07. The first kappa shape index (κ1) is 16.0. The lowest BCUT2D eigenvalue weighted by atomic mass is 9.92. The van der Waals surface area contributed by atoms with Gasteiger partial charge in [0.1, 0.15) is 18.5 Å². The molecule has 5 nitrogen and oxygen atoms in total. The smallest absolute Gasteiger partial charge is 0.338 e. The van der Waals surface area contributed by atoms with E-state index in [-0.39, 0.29) is 13.0 Å². The molecule has 0 saturated carbocycles. The van der Waals surface area contributed by atoms with Crippen LogP contribution in [0.3, 0.4) is 0 Å². The lowest BCUT2D eigenvalue weighted by Gasteiger charge is -2.14. The number of esters is 1. The van der Waals surface area contributed by atoms with Gasteiger partial charge in [-0.1, -0.05) is 6.07 Å². The van der Waals surface area contributed by atoms with E-state index in [0.717, 1.165) is 16.7 Å². The highest BCUT2D eigenvalue weighted by atomic mass is 16.5. The summed E-state index contributed by atoms with van der Waals surface area (Å²) in [6.07, 6.45) is -0.436. The first-order valence-electron chi connectivity index (χ1n) is 7.59. The van der Waals surface area contributed by atoms with Gasteiger partial charge in [0, 0.05) is 16.7 Å². The van der Waals surface area contributed by atoms with E-state index in [9.17, 15) is 9.90 Å². The summed E-state index contributed by atoms with van der Waals surface area (Å²) >= 11 is 0. The van der Waals surface area contributed by atoms with E-state index >= 15 is 0 Å². The number of rotatable bonds is 3. The van der Waals surface area contributed by atoms with Crippen molar-refractivity contribution < 1.29 is 19.4 Å². The molecule has 0 fully saturated rings. The van der Waals surface area contributed by atoms with Crippen molar-refractivity contribution in [1.82, 2.24) is 0 Å². The highest BCUT2D eigenvalue weighted by molar-refractivity contribution is 5.98. The van der Waals surface area contributed by atoms with Gasteiger partial charge < -0.3 is 14.6 Å². The normalized spacial score (nSPS) is 15.3. The van der Waals surface area contributed by atoms with Crippen LogP contribution in [0.4, 0.5) is 0 Å². The Morgan fingerprint density at radius 3 is 2.88 bits per heavy atom. The number of hydrogen-bond acceptors (Lipinski definition) is 5. The van der Waals surface area contributed by atoms with Gasteiger partial charge in [0.15, 0.2) is 0 Å². The zero-order valence-corrected chi connectivity index (χ0v) is 13.5. The van der Waals surface area contributed by atoms with Crippen LogP contribution >= 0.6 is 0 Å². The van der Waals surface area contributed by atoms with Gasteiger partial charge in [0.2, 0.25) is 0 Å². The molecule has 3 rings (SSSR count). The van der Waals surface area contributed by atoms with Crippen LogP contribution in [0, 0.1) is 18.3 Å². The lowest BCUT2D eigenvalue weighted by Crippen LogP contribution is -2.05. The van der Waals surface area contributed by atoms with Gasteiger partial charge in [-0.25, -0.2) is 4.79 Å². The number of fused-ring (bicyclic) bond motifs is 1. The van der Waals surface area contributed by atoms with E-state index in [0.29, 0.717) is 22.4 Å². The van der Waals surface area contributed by atoms with Gasteiger partial charge in [-0.3, -0.25) is 0 Å². The van der Waals surface area contributed by atoms with Gasteiger partial charge in [-0.05, 0) is 42.3 Å². The molecule has 0 aromatic heterocycles. The Labute approximate surface area is 140 Å². The molecule has 0 amide bonds. The van der Waals surface area contributed by atoms with Gasteiger partial charge in [-0.15, -0.1) is 0 Å². The fraction of sp³-hybridized carbons (Fsp3) is 0.263. The number of nitrogens with zero attached hydrogens (tertiary/aromatic N) is 1. The second-order valence-corrected chi connectivity index (χ2v) is 5.76. The zero-order chi connectivity index (χ0) is 17.3. The maximum atomic E-state index is 12.1. The summed E-state index contributed by atoms with van der Waals surface area (Å²) in [7, 11) is 1.33. The van der Waals surface area contributed by atoms with Gasteiger partial charge in [-0.2, -0.15) is 5.26 Å². The number of ether oxygens (including phenoxy) is 2. The second kappa shape index (κ2) is 6.34. The first-order chi connectivity index (χ1) is 11.5. The number of carbonyl (C=O) groups is 1. The highest BCUT2D eigenvalue weighted by Crippen LogP contribution is 2.43. The van der Waals surface area contributed by atoms with Crippen molar-refractivity contribution in [3.8, 4) is 22.9 Å². The number of aliphatic hydroxyl groups is 1. The molecule has 1 aliphatic rings. The standard InChI is InChI=1S/C19H17NO4/c1-11-7-15(18-16(8-11)17(21)10-24-18)14-9-12(5-6-20)3-4-13(14)19(22)23-2/h3-4,7-9,17,21H,5,10H2,1-2H3. The molecule has 1 aliphatic heterocycles. The molecule has 0 radical (unpaired) electrons. The number of aliphatic hydroxyl groups excluding tert-OH is 1. The molecule has 2 aromatic rings. The fourth-order valence-electron chi connectivity index (χ4n) is 2.97. The van der Waals surface area contributed by atoms with Gasteiger partial charge in [0.25, 0.3) is 0 Å². The molecule has 122 valence electrons. The number of aryl methyl sites for hydroxylation is 1. The summed E-state index contributed by atoms with van der Waals surface area (Å²) in [4.78, 5) is 12.1. The predicted molar refractivity (Wildman–Crippen MR) is 87.7 cm³/mol. The van der Waals surface area contributed by atoms with E-state index < -0.39 is 12.1 Å². The molecule has 1 atom stereocenters. The van der Waals surface area contributed by atoms with Crippen molar-refractivity contribution in [3.63, 3.8) is 0 Å². The molecular formula is C19H17NO4. The van der Waals surface area contributed by atoms with Crippen LogP contribution in [0.2, 0.25) is 0 Å². The van der Waals surface area contributed by atoms with Crippen molar-refractivity contribution >= 4 is 5.97 Å². The summed E-state index contributed by atoms with van der Waals surface area (Å²) in [5.41, 5.74) is 4.23. The summed E-state index contributed by atoms with van der Waals surface area (Å²) < 4.78 is 10.5. The summed E-state index contributed by atoms with van der Waals surface area (Å²) in [5, 5.41) is 19.0. The topological polar surface area (TPSA) is 79.6 Å².